The standard InChI is InChI=1S/C17H13BrO2/c18-17-15-7-2-1-5-13(15)8-9-16(17)20-11-12-4-3-6-14(19)10-12/h1-10,19H,11H2. The molecule has 0 saturated carbocycles. The molecule has 0 fully saturated rings. The molecule has 0 atom stereocenters. The molecule has 0 aliphatic carbocycles. The van der Waals surface area contributed by atoms with Crippen LogP contribution in [0.5, 0.6) is 11.5 Å². The van der Waals surface area contributed by atoms with Gasteiger partial charge in [-0.1, -0.05) is 42.5 Å². The van der Waals surface area contributed by atoms with Gasteiger partial charge < -0.3 is 9.84 Å². The minimum absolute atomic E-state index is 0.253. The van der Waals surface area contributed by atoms with Gasteiger partial charge in [-0.25, -0.2) is 0 Å². The Labute approximate surface area is 125 Å². The van der Waals surface area contributed by atoms with Crippen LogP contribution in [0.15, 0.2) is 65.1 Å². The summed E-state index contributed by atoms with van der Waals surface area (Å²) in [6.07, 6.45) is 0. The van der Waals surface area contributed by atoms with Crippen molar-refractivity contribution in [1.29, 1.82) is 0 Å². The van der Waals surface area contributed by atoms with Crippen LogP contribution in [0, 0.1) is 0 Å². The number of phenols is 1. The van der Waals surface area contributed by atoms with Gasteiger partial charge in [-0.3, -0.25) is 0 Å². The van der Waals surface area contributed by atoms with Gasteiger partial charge >= 0.3 is 0 Å². The molecule has 3 heteroatoms. The molecule has 3 aromatic rings. The first kappa shape index (κ1) is 13.0. The number of phenolic OH excluding ortho intramolecular Hbond substituents is 1. The van der Waals surface area contributed by atoms with Crippen LogP contribution in [-0.2, 0) is 6.61 Å². The molecule has 0 radical (unpaired) electrons. The summed E-state index contributed by atoms with van der Waals surface area (Å²) in [5, 5.41) is 11.7. The van der Waals surface area contributed by atoms with Crippen LogP contribution in [0.2, 0.25) is 0 Å². The minimum Gasteiger partial charge on any atom is -0.508 e. The van der Waals surface area contributed by atoms with E-state index in [1.807, 2.05) is 36.4 Å². The van der Waals surface area contributed by atoms with Gasteiger partial charge in [-0.15, -0.1) is 0 Å². The maximum Gasteiger partial charge on any atom is 0.134 e. The molecule has 0 aromatic heterocycles. The van der Waals surface area contributed by atoms with Crippen molar-refractivity contribution >= 4 is 26.7 Å². The molecular weight excluding hydrogens is 316 g/mol. The quantitative estimate of drug-likeness (QED) is 0.741. The number of fused-ring (bicyclic) bond motifs is 1. The van der Waals surface area contributed by atoms with E-state index in [0.29, 0.717) is 6.61 Å². The minimum atomic E-state index is 0.253. The maximum absolute atomic E-state index is 9.44. The second-order valence-corrected chi connectivity index (χ2v) is 5.35. The Morgan fingerprint density at radius 3 is 2.65 bits per heavy atom. The molecule has 100 valence electrons. The van der Waals surface area contributed by atoms with Crippen molar-refractivity contribution in [2.24, 2.45) is 0 Å². The highest BCUT2D eigenvalue weighted by atomic mass is 79.9. The fourth-order valence-corrected chi connectivity index (χ4v) is 2.74. The zero-order valence-corrected chi connectivity index (χ0v) is 12.3. The summed E-state index contributed by atoms with van der Waals surface area (Å²) in [6.45, 7) is 0.422. The Bertz CT molecular complexity index is 753. The van der Waals surface area contributed by atoms with E-state index in [1.165, 1.54) is 5.39 Å². The molecule has 0 saturated heterocycles. The molecule has 3 aromatic carbocycles. The molecule has 0 aliphatic rings. The topological polar surface area (TPSA) is 29.5 Å². The van der Waals surface area contributed by atoms with Gasteiger partial charge in [0.15, 0.2) is 0 Å². The lowest BCUT2D eigenvalue weighted by molar-refractivity contribution is 0.304. The summed E-state index contributed by atoms with van der Waals surface area (Å²) in [5.74, 6) is 1.05. The first-order valence-electron chi connectivity index (χ1n) is 6.32. The van der Waals surface area contributed by atoms with E-state index in [9.17, 15) is 5.11 Å². The zero-order valence-electron chi connectivity index (χ0n) is 10.7. The van der Waals surface area contributed by atoms with Crippen molar-refractivity contribution in [2.45, 2.75) is 6.61 Å². The lowest BCUT2D eigenvalue weighted by atomic mass is 10.1. The van der Waals surface area contributed by atoms with Crippen LogP contribution < -0.4 is 4.74 Å². The van der Waals surface area contributed by atoms with Crippen LogP contribution in [0.4, 0.5) is 0 Å². The molecule has 0 heterocycles. The highest BCUT2D eigenvalue weighted by Gasteiger charge is 2.06. The third kappa shape index (κ3) is 2.63. The largest absolute Gasteiger partial charge is 0.508 e. The van der Waals surface area contributed by atoms with E-state index in [2.05, 4.69) is 28.1 Å². The summed E-state index contributed by atoms with van der Waals surface area (Å²) >= 11 is 3.60. The molecule has 0 unspecified atom stereocenters. The van der Waals surface area contributed by atoms with Crippen molar-refractivity contribution in [1.82, 2.24) is 0 Å². The van der Waals surface area contributed by atoms with Crippen LogP contribution in [-0.4, -0.2) is 5.11 Å². The van der Waals surface area contributed by atoms with Gasteiger partial charge in [-0.2, -0.15) is 0 Å². The van der Waals surface area contributed by atoms with Gasteiger partial charge in [0.25, 0.3) is 0 Å². The first-order valence-corrected chi connectivity index (χ1v) is 7.11. The van der Waals surface area contributed by atoms with Crippen molar-refractivity contribution in [3.8, 4) is 11.5 Å². The predicted octanol–water partition coefficient (Wildman–Crippen LogP) is 4.89. The number of hydrogen-bond donors (Lipinski definition) is 1. The zero-order chi connectivity index (χ0) is 13.9. The number of hydrogen-bond acceptors (Lipinski definition) is 2. The summed E-state index contributed by atoms with van der Waals surface area (Å²) in [6, 6.07) is 19.2. The fraction of sp³-hybridized carbons (Fsp3) is 0.0588. The van der Waals surface area contributed by atoms with Gasteiger partial charge in [0.2, 0.25) is 0 Å². The molecule has 20 heavy (non-hydrogen) atoms. The predicted molar refractivity (Wildman–Crippen MR) is 84.1 cm³/mol. The van der Waals surface area contributed by atoms with E-state index >= 15 is 0 Å². The highest BCUT2D eigenvalue weighted by molar-refractivity contribution is 9.10. The van der Waals surface area contributed by atoms with Crippen molar-refractivity contribution < 1.29 is 9.84 Å². The number of benzene rings is 3. The second kappa shape index (κ2) is 5.55. The number of ether oxygens (including phenoxy) is 1. The van der Waals surface area contributed by atoms with E-state index in [-0.39, 0.29) is 5.75 Å². The Morgan fingerprint density at radius 1 is 0.950 bits per heavy atom. The third-order valence-corrected chi connectivity index (χ3v) is 3.95. The van der Waals surface area contributed by atoms with Gasteiger partial charge in [-0.05, 0) is 50.5 Å². The molecule has 1 N–H and O–H groups in total. The van der Waals surface area contributed by atoms with Gasteiger partial charge in [0, 0.05) is 0 Å². The molecule has 2 nitrogen and oxygen atoms in total. The molecule has 3 rings (SSSR count). The van der Waals surface area contributed by atoms with Crippen LogP contribution in [0.3, 0.4) is 0 Å². The average molecular weight is 329 g/mol. The molecule has 0 amide bonds. The Hall–Kier alpha value is -2.00. The van der Waals surface area contributed by atoms with E-state index in [4.69, 9.17) is 4.74 Å². The third-order valence-electron chi connectivity index (χ3n) is 3.13. The van der Waals surface area contributed by atoms with Gasteiger partial charge in [0.1, 0.15) is 18.1 Å². The number of rotatable bonds is 3. The number of halogens is 1. The summed E-state index contributed by atoms with van der Waals surface area (Å²) in [7, 11) is 0. The highest BCUT2D eigenvalue weighted by Crippen LogP contribution is 2.33. The monoisotopic (exact) mass is 328 g/mol. The van der Waals surface area contributed by atoms with Crippen molar-refractivity contribution in [3.05, 3.63) is 70.7 Å². The summed E-state index contributed by atoms with van der Waals surface area (Å²) < 4.78 is 6.78. The maximum atomic E-state index is 9.44. The lowest BCUT2D eigenvalue weighted by Gasteiger charge is -2.10. The molecule has 0 bridgehead atoms. The molecule has 0 aliphatic heterocycles. The Morgan fingerprint density at radius 2 is 1.80 bits per heavy atom. The molecular formula is C17H13BrO2. The van der Waals surface area contributed by atoms with E-state index in [1.54, 1.807) is 12.1 Å². The van der Waals surface area contributed by atoms with Crippen LogP contribution in [0.1, 0.15) is 5.56 Å². The Kier molecular flexibility index (Phi) is 3.61. The smallest absolute Gasteiger partial charge is 0.134 e. The Balaban J connectivity index is 1.86. The van der Waals surface area contributed by atoms with Crippen LogP contribution >= 0.6 is 15.9 Å². The normalized spacial score (nSPS) is 10.7. The SMILES string of the molecule is Oc1cccc(COc2ccc3ccccc3c2Br)c1. The van der Waals surface area contributed by atoms with Crippen LogP contribution in [0.25, 0.3) is 10.8 Å². The molecule has 0 spiro atoms. The number of aromatic hydroxyl groups is 1. The summed E-state index contributed by atoms with van der Waals surface area (Å²) in [5.41, 5.74) is 0.935. The fourth-order valence-electron chi connectivity index (χ4n) is 2.13. The first-order chi connectivity index (χ1) is 9.74. The van der Waals surface area contributed by atoms with Crippen molar-refractivity contribution in [2.75, 3.05) is 0 Å². The van der Waals surface area contributed by atoms with E-state index < -0.39 is 0 Å². The second-order valence-electron chi connectivity index (χ2n) is 4.56. The van der Waals surface area contributed by atoms with Crippen molar-refractivity contribution in [3.63, 3.8) is 0 Å². The van der Waals surface area contributed by atoms with E-state index in [0.717, 1.165) is 21.2 Å². The average Bonchev–Trinajstić information content (AvgIpc) is 2.47. The van der Waals surface area contributed by atoms with Gasteiger partial charge in [0.05, 0.1) is 4.47 Å². The summed E-state index contributed by atoms with van der Waals surface area (Å²) in [4.78, 5) is 0. The lowest BCUT2D eigenvalue weighted by Crippen LogP contribution is -1.96.